The third-order valence-corrected chi connectivity index (χ3v) is 2.85. The SMILES string of the molecule is COC(=O)c1ccc(C(O)Cc2cccc(C)c2)o1. The lowest BCUT2D eigenvalue weighted by molar-refractivity contribution is 0.0555. The number of rotatable bonds is 4. The van der Waals surface area contributed by atoms with Crippen molar-refractivity contribution in [1.29, 1.82) is 0 Å². The van der Waals surface area contributed by atoms with Gasteiger partial charge in [-0.25, -0.2) is 4.79 Å². The van der Waals surface area contributed by atoms with Crippen LogP contribution >= 0.6 is 0 Å². The molecule has 0 amide bonds. The number of hydrogen-bond donors (Lipinski definition) is 1. The third kappa shape index (κ3) is 3.23. The molecule has 0 saturated carbocycles. The van der Waals surface area contributed by atoms with E-state index in [0.29, 0.717) is 12.2 Å². The first kappa shape index (κ1) is 13.4. The first-order valence-electron chi connectivity index (χ1n) is 6.02. The Morgan fingerprint density at radius 1 is 1.37 bits per heavy atom. The molecule has 0 spiro atoms. The molecule has 1 atom stereocenters. The number of benzene rings is 1. The Morgan fingerprint density at radius 2 is 2.16 bits per heavy atom. The first-order valence-corrected chi connectivity index (χ1v) is 6.02. The van der Waals surface area contributed by atoms with Crippen molar-refractivity contribution in [2.45, 2.75) is 19.4 Å². The van der Waals surface area contributed by atoms with Crippen LogP contribution in [0, 0.1) is 6.92 Å². The van der Waals surface area contributed by atoms with Crippen LogP contribution in [0.3, 0.4) is 0 Å². The molecule has 0 fully saturated rings. The Morgan fingerprint density at radius 3 is 2.84 bits per heavy atom. The van der Waals surface area contributed by atoms with Crippen LogP contribution in [0.15, 0.2) is 40.8 Å². The van der Waals surface area contributed by atoms with Gasteiger partial charge in [0.2, 0.25) is 5.76 Å². The second kappa shape index (κ2) is 5.71. The van der Waals surface area contributed by atoms with Crippen molar-refractivity contribution in [1.82, 2.24) is 0 Å². The van der Waals surface area contributed by atoms with Gasteiger partial charge in [0, 0.05) is 6.42 Å². The Hall–Kier alpha value is -2.07. The van der Waals surface area contributed by atoms with Gasteiger partial charge in [-0.15, -0.1) is 0 Å². The number of methoxy groups -OCH3 is 1. The van der Waals surface area contributed by atoms with Gasteiger partial charge in [-0.1, -0.05) is 29.8 Å². The Balaban J connectivity index is 2.09. The second-order valence-corrected chi connectivity index (χ2v) is 4.40. The summed E-state index contributed by atoms with van der Waals surface area (Å²) in [7, 11) is 1.29. The first-order chi connectivity index (χ1) is 9.10. The van der Waals surface area contributed by atoms with Gasteiger partial charge in [0.15, 0.2) is 0 Å². The Kier molecular flexibility index (Phi) is 4.02. The number of aryl methyl sites for hydroxylation is 1. The summed E-state index contributed by atoms with van der Waals surface area (Å²) in [6, 6.07) is 11.0. The molecule has 0 aliphatic heterocycles. The third-order valence-electron chi connectivity index (χ3n) is 2.85. The van der Waals surface area contributed by atoms with Crippen LogP contribution in [0.2, 0.25) is 0 Å². The monoisotopic (exact) mass is 260 g/mol. The molecule has 1 aromatic heterocycles. The average molecular weight is 260 g/mol. The van der Waals surface area contributed by atoms with Crippen LogP contribution in [0.25, 0.3) is 0 Å². The van der Waals surface area contributed by atoms with Crippen LogP contribution in [-0.2, 0) is 11.2 Å². The van der Waals surface area contributed by atoms with E-state index in [0.717, 1.165) is 11.1 Å². The highest BCUT2D eigenvalue weighted by atomic mass is 16.5. The highest BCUT2D eigenvalue weighted by molar-refractivity contribution is 5.86. The van der Waals surface area contributed by atoms with Gasteiger partial charge in [-0.3, -0.25) is 0 Å². The van der Waals surface area contributed by atoms with Crippen LogP contribution < -0.4 is 0 Å². The number of aliphatic hydroxyl groups is 1. The summed E-state index contributed by atoms with van der Waals surface area (Å²) in [5.74, 6) is -0.0864. The maximum absolute atomic E-state index is 11.3. The minimum absolute atomic E-state index is 0.0980. The van der Waals surface area contributed by atoms with Gasteiger partial charge in [0.1, 0.15) is 11.9 Å². The predicted octanol–water partition coefficient (Wildman–Crippen LogP) is 2.65. The minimum atomic E-state index is -0.778. The molecule has 1 unspecified atom stereocenters. The summed E-state index contributed by atoms with van der Waals surface area (Å²) in [5.41, 5.74) is 2.16. The van der Waals surface area contributed by atoms with E-state index in [-0.39, 0.29) is 5.76 Å². The number of aliphatic hydroxyl groups excluding tert-OH is 1. The molecule has 0 aliphatic carbocycles. The molecule has 0 radical (unpaired) electrons. The maximum atomic E-state index is 11.3. The number of carbonyl (C=O) groups excluding carboxylic acids is 1. The standard InChI is InChI=1S/C15H16O4/c1-10-4-3-5-11(8-10)9-12(16)13-6-7-14(19-13)15(17)18-2/h3-8,12,16H,9H2,1-2H3. The number of carbonyl (C=O) groups is 1. The Bertz CT molecular complexity index is 571. The van der Waals surface area contributed by atoms with Crippen LogP contribution in [0.5, 0.6) is 0 Å². The minimum Gasteiger partial charge on any atom is -0.463 e. The van der Waals surface area contributed by atoms with Crippen molar-refractivity contribution in [3.8, 4) is 0 Å². The fourth-order valence-electron chi connectivity index (χ4n) is 1.91. The molecule has 0 aliphatic rings. The lowest BCUT2D eigenvalue weighted by Crippen LogP contribution is -2.02. The molecule has 1 aromatic carbocycles. The highest BCUT2D eigenvalue weighted by Crippen LogP contribution is 2.21. The number of furan rings is 1. The van der Waals surface area contributed by atoms with Crippen LogP contribution in [0.4, 0.5) is 0 Å². The fourth-order valence-corrected chi connectivity index (χ4v) is 1.91. The number of hydrogen-bond acceptors (Lipinski definition) is 4. The van der Waals surface area contributed by atoms with Gasteiger partial charge in [-0.2, -0.15) is 0 Å². The van der Waals surface area contributed by atoms with Crippen molar-refractivity contribution in [2.75, 3.05) is 7.11 Å². The summed E-state index contributed by atoms with van der Waals surface area (Å²) in [5, 5.41) is 10.1. The van der Waals surface area contributed by atoms with E-state index in [1.54, 1.807) is 6.07 Å². The predicted molar refractivity (Wildman–Crippen MR) is 69.9 cm³/mol. The van der Waals surface area contributed by atoms with Gasteiger partial charge < -0.3 is 14.3 Å². The summed E-state index contributed by atoms with van der Waals surface area (Å²) in [6.45, 7) is 2.00. The van der Waals surface area contributed by atoms with Crippen molar-refractivity contribution >= 4 is 5.97 Å². The zero-order valence-electron chi connectivity index (χ0n) is 10.9. The Labute approximate surface area is 111 Å². The molecule has 4 nitrogen and oxygen atoms in total. The molecule has 100 valence electrons. The van der Waals surface area contributed by atoms with Gasteiger partial charge >= 0.3 is 5.97 Å². The average Bonchev–Trinajstić information content (AvgIpc) is 2.87. The van der Waals surface area contributed by atoms with Gasteiger partial charge in [-0.05, 0) is 24.6 Å². The normalized spacial score (nSPS) is 12.2. The molecule has 1 heterocycles. The largest absolute Gasteiger partial charge is 0.463 e. The van der Waals surface area contributed by atoms with E-state index < -0.39 is 12.1 Å². The van der Waals surface area contributed by atoms with E-state index in [4.69, 9.17) is 4.42 Å². The molecule has 1 N–H and O–H groups in total. The quantitative estimate of drug-likeness (QED) is 0.858. The molecule has 19 heavy (non-hydrogen) atoms. The van der Waals surface area contributed by atoms with E-state index in [2.05, 4.69) is 4.74 Å². The zero-order chi connectivity index (χ0) is 13.8. The molecular weight excluding hydrogens is 244 g/mol. The second-order valence-electron chi connectivity index (χ2n) is 4.40. The van der Waals surface area contributed by atoms with Crippen molar-refractivity contribution in [3.63, 3.8) is 0 Å². The van der Waals surface area contributed by atoms with Crippen molar-refractivity contribution < 1.29 is 19.1 Å². The summed E-state index contributed by atoms with van der Waals surface area (Å²) >= 11 is 0. The molecule has 2 aromatic rings. The zero-order valence-corrected chi connectivity index (χ0v) is 10.9. The van der Waals surface area contributed by atoms with Crippen molar-refractivity contribution in [2.24, 2.45) is 0 Å². The molecule has 4 heteroatoms. The van der Waals surface area contributed by atoms with E-state index in [1.807, 2.05) is 31.2 Å². The molecule has 0 saturated heterocycles. The van der Waals surface area contributed by atoms with Gasteiger partial charge in [0.25, 0.3) is 0 Å². The molecular formula is C15H16O4. The lowest BCUT2D eigenvalue weighted by atomic mass is 10.0. The van der Waals surface area contributed by atoms with E-state index >= 15 is 0 Å². The summed E-state index contributed by atoms with van der Waals surface area (Å²) in [4.78, 5) is 11.3. The number of esters is 1. The van der Waals surface area contributed by atoms with E-state index in [9.17, 15) is 9.90 Å². The molecule has 2 rings (SSSR count). The maximum Gasteiger partial charge on any atom is 0.373 e. The fraction of sp³-hybridized carbons (Fsp3) is 0.267. The smallest absolute Gasteiger partial charge is 0.373 e. The van der Waals surface area contributed by atoms with Gasteiger partial charge in [0.05, 0.1) is 7.11 Å². The summed E-state index contributed by atoms with van der Waals surface area (Å²) in [6.07, 6.45) is -0.337. The topological polar surface area (TPSA) is 59.7 Å². The summed E-state index contributed by atoms with van der Waals surface area (Å²) < 4.78 is 9.83. The van der Waals surface area contributed by atoms with Crippen LogP contribution in [0.1, 0.15) is 33.5 Å². The number of ether oxygens (including phenoxy) is 1. The lowest BCUT2D eigenvalue weighted by Gasteiger charge is -2.08. The molecule has 0 bridgehead atoms. The highest BCUT2D eigenvalue weighted by Gasteiger charge is 2.17. The van der Waals surface area contributed by atoms with Crippen molar-refractivity contribution in [3.05, 3.63) is 59.0 Å². The van der Waals surface area contributed by atoms with E-state index in [1.165, 1.54) is 13.2 Å². The van der Waals surface area contributed by atoms with Crippen LogP contribution in [-0.4, -0.2) is 18.2 Å².